The molecule has 3 rings (SSSR count). The standard InChI is InChI=1S/C14H12F2O2/c15-11-7-9(13-5-2-6-17-13)8-12(16)14(11)18-10-3-1-4-10/h2,5-8,10H,1,3-4H2. The maximum atomic E-state index is 13.8. The highest BCUT2D eigenvalue weighted by Gasteiger charge is 2.23. The Morgan fingerprint density at radius 3 is 2.39 bits per heavy atom. The van der Waals surface area contributed by atoms with Crippen molar-refractivity contribution < 1.29 is 17.9 Å². The minimum Gasteiger partial charge on any atom is -0.484 e. The predicted octanol–water partition coefficient (Wildman–Crippen LogP) is 4.16. The van der Waals surface area contributed by atoms with Crippen LogP contribution in [0.3, 0.4) is 0 Å². The van der Waals surface area contributed by atoms with Gasteiger partial charge in [0.15, 0.2) is 17.4 Å². The molecule has 0 spiro atoms. The van der Waals surface area contributed by atoms with E-state index >= 15 is 0 Å². The Kier molecular flexibility index (Phi) is 2.78. The average molecular weight is 250 g/mol. The summed E-state index contributed by atoms with van der Waals surface area (Å²) in [5, 5.41) is 0. The van der Waals surface area contributed by atoms with Crippen molar-refractivity contribution in [1.82, 2.24) is 0 Å². The number of ether oxygens (including phenoxy) is 1. The summed E-state index contributed by atoms with van der Waals surface area (Å²) in [5.41, 5.74) is 0.371. The summed E-state index contributed by atoms with van der Waals surface area (Å²) in [6.07, 6.45) is 4.18. The van der Waals surface area contributed by atoms with Crippen LogP contribution in [-0.4, -0.2) is 6.10 Å². The van der Waals surface area contributed by atoms with E-state index in [4.69, 9.17) is 9.15 Å². The van der Waals surface area contributed by atoms with Gasteiger partial charge >= 0.3 is 0 Å². The highest BCUT2D eigenvalue weighted by atomic mass is 19.1. The minimum absolute atomic E-state index is 0.0523. The zero-order valence-electron chi connectivity index (χ0n) is 9.66. The summed E-state index contributed by atoms with van der Waals surface area (Å²) in [6.45, 7) is 0. The second kappa shape index (κ2) is 4.44. The highest BCUT2D eigenvalue weighted by Crippen LogP contribution is 2.32. The Labute approximate surface area is 103 Å². The molecule has 0 atom stereocenters. The van der Waals surface area contributed by atoms with Crippen LogP contribution in [0.25, 0.3) is 11.3 Å². The Morgan fingerprint density at radius 2 is 1.89 bits per heavy atom. The third-order valence-electron chi connectivity index (χ3n) is 3.14. The Morgan fingerprint density at radius 1 is 1.17 bits per heavy atom. The van der Waals surface area contributed by atoms with Crippen LogP contribution in [0.5, 0.6) is 5.75 Å². The van der Waals surface area contributed by atoms with Gasteiger partial charge in [-0.1, -0.05) is 0 Å². The maximum absolute atomic E-state index is 13.8. The lowest BCUT2D eigenvalue weighted by molar-refractivity contribution is 0.109. The van der Waals surface area contributed by atoms with Gasteiger partial charge < -0.3 is 9.15 Å². The molecular weight excluding hydrogens is 238 g/mol. The normalized spacial score (nSPS) is 15.4. The molecule has 0 bridgehead atoms. The van der Waals surface area contributed by atoms with E-state index in [9.17, 15) is 8.78 Å². The molecule has 1 aliphatic carbocycles. The lowest BCUT2D eigenvalue weighted by atomic mass is 9.96. The zero-order valence-corrected chi connectivity index (χ0v) is 9.66. The first-order valence-electron chi connectivity index (χ1n) is 5.93. The highest BCUT2D eigenvalue weighted by molar-refractivity contribution is 5.59. The van der Waals surface area contributed by atoms with Gasteiger partial charge in [0.25, 0.3) is 0 Å². The van der Waals surface area contributed by atoms with E-state index in [0.717, 1.165) is 19.3 Å². The van der Waals surface area contributed by atoms with Crippen molar-refractivity contribution in [2.75, 3.05) is 0 Å². The topological polar surface area (TPSA) is 22.4 Å². The van der Waals surface area contributed by atoms with Crippen LogP contribution in [0.1, 0.15) is 19.3 Å². The first-order valence-corrected chi connectivity index (χ1v) is 5.93. The summed E-state index contributed by atoms with van der Waals surface area (Å²) >= 11 is 0. The van der Waals surface area contributed by atoms with Crippen LogP contribution in [0.4, 0.5) is 8.78 Å². The molecule has 0 amide bonds. The molecule has 2 nitrogen and oxygen atoms in total. The van der Waals surface area contributed by atoms with Gasteiger partial charge in [0.2, 0.25) is 0 Å². The van der Waals surface area contributed by atoms with Gasteiger partial charge in [0, 0.05) is 5.56 Å². The molecule has 0 saturated heterocycles. The van der Waals surface area contributed by atoms with E-state index in [1.807, 2.05) is 0 Å². The molecule has 94 valence electrons. The summed E-state index contributed by atoms with van der Waals surface area (Å²) < 4.78 is 38.0. The molecule has 1 aromatic carbocycles. The molecule has 0 N–H and O–H groups in total. The van der Waals surface area contributed by atoms with E-state index in [2.05, 4.69) is 0 Å². The van der Waals surface area contributed by atoms with Crippen molar-refractivity contribution in [3.63, 3.8) is 0 Å². The van der Waals surface area contributed by atoms with Crippen molar-refractivity contribution in [3.8, 4) is 17.1 Å². The molecule has 1 saturated carbocycles. The van der Waals surface area contributed by atoms with Gasteiger partial charge in [-0.2, -0.15) is 0 Å². The van der Waals surface area contributed by atoms with Crippen LogP contribution in [0.2, 0.25) is 0 Å². The maximum Gasteiger partial charge on any atom is 0.191 e. The van der Waals surface area contributed by atoms with E-state index in [-0.39, 0.29) is 11.9 Å². The smallest absolute Gasteiger partial charge is 0.191 e. The van der Waals surface area contributed by atoms with Crippen molar-refractivity contribution in [1.29, 1.82) is 0 Å². The fourth-order valence-corrected chi connectivity index (χ4v) is 1.91. The lowest BCUT2D eigenvalue weighted by Crippen LogP contribution is -2.25. The molecule has 2 aromatic rings. The summed E-state index contributed by atoms with van der Waals surface area (Å²) in [6, 6.07) is 5.79. The first-order chi connectivity index (χ1) is 8.74. The SMILES string of the molecule is Fc1cc(-c2ccco2)cc(F)c1OC1CCC1. The average Bonchev–Trinajstić information content (AvgIpc) is 2.78. The number of hydrogen-bond donors (Lipinski definition) is 0. The Hall–Kier alpha value is -1.84. The van der Waals surface area contributed by atoms with Crippen molar-refractivity contribution >= 4 is 0 Å². The molecule has 18 heavy (non-hydrogen) atoms. The van der Waals surface area contributed by atoms with Crippen LogP contribution in [0, 0.1) is 11.6 Å². The van der Waals surface area contributed by atoms with Gasteiger partial charge in [-0.15, -0.1) is 0 Å². The van der Waals surface area contributed by atoms with Gasteiger partial charge in [0.05, 0.1) is 12.4 Å². The molecular formula is C14H12F2O2. The van der Waals surface area contributed by atoms with Crippen molar-refractivity contribution in [2.45, 2.75) is 25.4 Å². The molecule has 0 aliphatic heterocycles. The van der Waals surface area contributed by atoms with Gasteiger partial charge in [-0.25, -0.2) is 8.78 Å². The number of furan rings is 1. The number of hydrogen-bond acceptors (Lipinski definition) is 2. The molecule has 1 heterocycles. The molecule has 4 heteroatoms. The van der Waals surface area contributed by atoms with Gasteiger partial charge in [0.1, 0.15) is 5.76 Å². The quantitative estimate of drug-likeness (QED) is 0.816. The predicted molar refractivity (Wildman–Crippen MR) is 62.3 cm³/mol. The van der Waals surface area contributed by atoms with E-state index < -0.39 is 11.6 Å². The summed E-state index contributed by atoms with van der Waals surface area (Å²) in [5.74, 6) is -1.22. The Balaban J connectivity index is 1.92. The van der Waals surface area contributed by atoms with Crippen LogP contribution < -0.4 is 4.74 Å². The third kappa shape index (κ3) is 1.98. The number of benzene rings is 1. The monoisotopic (exact) mass is 250 g/mol. The van der Waals surface area contributed by atoms with Crippen molar-refractivity contribution in [3.05, 3.63) is 42.2 Å². The fraction of sp³-hybridized carbons (Fsp3) is 0.286. The summed E-state index contributed by atoms with van der Waals surface area (Å²) in [7, 11) is 0. The number of halogens is 2. The molecule has 1 fully saturated rings. The lowest BCUT2D eigenvalue weighted by Gasteiger charge is -2.26. The minimum atomic E-state index is -0.687. The number of rotatable bonds is 3. The second-order valence-electron chi connectivity index (χ2n) is 4.42. The summed E-state index contributed by atoms with van der Waals surface area (Å²) in [4.78, 5) is 0. The van der Waals surface area contributed by atoms with E-state index in [1.54, 1.807) is 12.1 Å². The first kappa shape index (κ1) is 11.3. The third-order valence-corrected chi connectivity index (χ3v) is 3.14. The van der Waals surface area contributed by atoms with Crippen LogP contribution >= 0.6 is 0 Å². The van der Waals surface area contributed by atoms with E-state index in [0.29, 0.717) is 11.3 Å². The van der Waals surface area contributed by atoms with Gasteiger partial charge in [-0.3, -0.25) is 0 Å². The molecule has 0 unspecified atom stereocenters. The van der Waals surface area contributed by atoms with Crippen molar-refractivity contribution in [2.24, 2.45) is 0 Å². The largest absolute Gasteiger partial charge is 0.484 e. The molecule has 0 radical (unpaired) electrons. The molecule has 1 aromatic heterocycles. The van der Waals surface area contributed by atoms with Crippen LogP contribution in [-0.2, 0) is 0 Å². The Bertz CT molecular complexity index is 522. The van der Waals surface area contributed by atoms with Gasteiger partial charge in [-0.05, 0) is 43.5 Å². The fourth-order valence-electron chi connectivity index (χ4n) is 1.91. The second-order valence-corrected chi connectivity index (χ2v) is 4.42. The zero-order chi connectivity index (χ0) is 12.5. The van der Waals surface area contributed by atoms with E-state index in [1.165, 1.54) is 18.4 Å². The van der Waals surface area contributed by atoms with Crippen LogP contribution in [0.15, 0.2) is 34.9 Å². The molecule has 1 aliphatic rings.